The fourth-order valence-electron chi connectivity index (χ4n) is 3.66. The molecule has 5 nitrogen and oxygen atoms in total. The van der Waals surface area contributed by atoms with Crippen LogP contribution in [0.3, 0.4) is 0 Å². The average Bonchev–Trinajstić information content (AvgIpc) is 2.90. The molecule has 0 saturated carbocycles. The van der Waals surface area contributed by atoms with Crippen molar-refractivity contribution in [3.63, 3.8) is 0 Å². The van der Waals surface area contributed by atoms with Crippen molar-refractivity contribution >= 4 is 17.3 Å². The van der Waals surface area contributed by atoms with Crippen LogP contribution in [0.5, 0.6) is 5.75 Å². The Labute approximate surface area is 209 Å². The summed E-state index contributed by atoms with van der Waals surface area (Å²) in [7, 11) is 0. The highest BCUT2D eigenvalue weighted by atomic mass is 16.5. The zero-order valence-corrected chi connectivity index (χ0v) is 20.9. The first-order valence-electron chi connectivity index (χ1n) is 12.7. The molecule has 3 aromatic carbocycles. The van der Waals surface area contributed by atoms with Gasteiger partial charge in [-0.3, -0.25) is 0 Å². The summed E-state index contributed by atoms with van der Waals surface area (Å²) in [4.78, 5) is 12.4. The molecular weight excluding hydrogens is 436 g/mol. The summed E-state index contributed by atoms with van der Waals surface area (Å²) in [5.41, 5.74) is 2.85. The fraction of sp³-hybridized carbons (Fsp3) is 0.367. The van der Waals surface area contributed by atoms with Crippen molar-refractivity contribution in [2.24, 2.45) is 10.2 Å². The van der Waals surface area contributed by atoms with Gasteiger partial charge in [0, 0.05) is 0 Å². The van der Waals surface area contributed by atoms with Crippen molar-refractivity contribution in [1.29, 1.82) is 0 Å². The van der Waals surface area contributed by atoms with Gasteiger partial charge in [0.15, 0.2) is 0 Å². The largest absolute Gasteiger partial charge is 0.494 e. The lowest BCUT2D eigenvalue weighted by Crippen LogP contribution is -2.08. The number of carbonyl (C=O) groups is 1. The predicted octanol–water partition coefficient (Wildman–Crippen LogP) is 9.15. The zero-order chi connectivity index (χ0) is 24.7. The van der Waals surface area contributed by atoms with Crippen molar-refractivity contribution < 1.29 is 14.3 Å². The van der Waals surface area contributed by atoms with Gasteiger partial charge in [0.1, 0.15) is 11.9 Å². The van der Waals surface area contributed by atoms with Crippen LogP contribution < -0.4 is 4.74 Å². The molecule has 0 fully saturated rings. The number of ether oxygens (including phenoxy) is 2. The minimum atomic E-state index is -0.364. The van der Waals surface area contributed by atoms with E-state index in [0.29, 0.717) is 11.3 Å². The summed E-state index contributed by atoms with van der Waals surface area (Å²) in [6.45, 7) is 4.85. The highest BCUT2D eigenvalue weighted by molar-refractivity contribution is 5.89. The van der Waals surface area contributed by atoms with Gasteiger partial charge in [-0.2, -0.15) is 10.2 Å². The number of carbonyl (C=O) groups excluding carboxylic acids is 1. The molecule has 184 valence electrons. The van der Waals surface area contributed by atoms with Crippen LogP contribution >= 0.6 is 0 Å². The first-order chi connectivity index (χ1) is 17.2. The van der Waals surface area contributed by atoms with E-state index in [-0.39, 0.29) is 12.1 Å². The van der Waals surface area contributed by atoms with Crippen LogP contribution in [0.25, 0.3) is 0 Å². The maximum atomic E-state index is 12.4. The molecule has 0 aromatic heterocycles. The normalized spacial score (nSPS) is 11.9. The molecule has 3 rings (SSSR count). The van der Waals surface area contributed by atoms with Crippen molar-refractivity contribution in [2.75, 3.05) is 6.61 Å². The Bertz CT molecular complexity index is 1030. The van der Waals surface area contributed by atoms with Gasteiger partial charge in [-0.25, -0.2) is 4.79 Å². The SMILES string of the molecule is CCCCCCCCCOc1ccc(N=Nc2ccc(C(=O)O[C@H](C)c3ccccc3)cc2)cc1. The molecule has 0 saturated heterocycles. The number of hydrogen-bond acceptors (Lipinski definition) is 5. The number of nitrogens with zero attached hydrogens (tertiary/aromatic N) is 2. The number of rotatable bonds is 14. The lowest BCUT2D eigenvalue weighted by molar-refractivity contribution is 0.0338. The maximum Gasteiger partial charge on any atom is 0.338 e. The summed E-state index contributed by atoms with van der Waals surface area (Å²) in [5.74, 6) is 0.486. The third kappa shape index (κ3) is 9.36. The van der Waals surface area contributed by atoms with Gasteiger partial charge in [0.05, 0.1) is 23.5 Å². The second kappa shape index (κ2) is 14.7. The highest BCUT2D eigenvalue weighted by Gasteiger charge is 2.13. The smallest absolute Gasteiger partial charge is 0.338 e. The summed E-state index contributed by atoms with van der Waals surface area (Å²) in [5, 5.41) is 8.54. The van der Waals surface area contributed by atoms with E-state index in [1.165, 1.54) is 38.5 Å². The average molecular weight is 473 g/mol. The highest BCUT2D eigenvalue weighted by Crippen LogP contribution is 2.23. The first-order valence-corrected chi connectivity index (χ1v) is 12.7. The van der Waals surface area contributed by atoms with Gasteiger partial charge >= 0.3 is 5.97 Å². The molecule has 0 N–H and O–H groups in total. The molecule has 0 spiro atoms. The van der Waals surface area contributed by atoms with E-state index in [4.69, 9.17) is 9.47 Å². The third-order valence-electron chi connectivity index (χ3n) is 5.79. The lowest BCUT2D eigenvalue weighted by Gasteiger charge is -2.13. The van der Waals surface area contributed by atoms with E-state index < -0.39 is 0 Å². The van der Waals surface area contributed by atoms with Gasteiger partial charge in [-0.05, 0) is 67.4 Å². The summed E-state index contributed by atoms with van der Waals surface area (Å²) in [6, 6.07) is 24.2. The molecule has 0 aliphatic heterocycles. The number of hydrogen-bond donors (Lipinski definition) is 0. The molecule has 5 heteroatoms. The maximum absolute atomic E-state index is 12.4. The first kappa shape index (κ1) is 26.1. The second-order valence-electron chi connectivity index (χ2n) is 8.67. The molecule has 1 atom stereocenters. The number of unbranched alkanes of at least 4 members (excludes halogenated alkanes) is 6. The fourth-order valence-corrected chi connectivity index (χ4v) is 3.66. The Morgan fingerprint density at radius 2 is 1.31 bits per heavy atom. The lowest BCUT2D eigenvalue weighted by atomic mass is 10.1. The van der Waals surface area contributed by atoms with Crippen molar-refractivity contribution in [3.8, 4) is 5.75 Å². The topological polar surface area (TPSA) is 60.2 Å². The quantitative estimate of drug-likeness (QED) is 0.133. The molecule has 0 heterocycles. The van der Waals surface area contributed by atoms with E-state index in [0.717, 1.165) is 30.0 Å². The second-order valence-corrected chi connectivity index (χ2v) is 8.67. The Balaban J connectivity index is 1.41. The monoisotopic (exact) mass is 472 g/mol. The Hall–Kier alpha value is -3.47. The molecule has 0 radical (unpaired) electrons. The molecular formula is C30H36N2O3. The summed E-state index contributed by atoms with van der Waals surface area (Å²) >= 11 is 0. The number of azo groups is 1. The van der Waals surface area contributed by atoms with Crippen LogP contribution in [0.2, 0.25) is 0 Å². The number of benzene rings is 3. The molecule has 3 aromatic rings. The molecule has 0 aliphatic rings. The van der Waals surface area contributed by atoms with E-state index in [1.807, 2.05) is 61.5 Å². The van der Waals surface area contributed by atoms with E-state index in [9.17, 15) is 4.79 Å². The summed E-state index contributed by atoms with van der Waals surface area (Å²) in [6.07, 6.45) is 8.58. The van der Waals surface area contributed by atoms with Gasteiger partial charge in [-0.1, -0.05) is 75.8 Å². The van der Waals surface area contributed by atoms with Crippen molar-refractivity contribution in [2.45, 2.75) is 64.9 Å². The minimum absolute atomic E-state index is 0.314. The Morgan fingerprint density at radius 3 is 1.94 bits per heavy atom. The molecule has 0 bridgehead atoms. The molecule has 0 aliphatic carbocycles. The van der Waals surface area contributed by atoms with E-state index in [1.54, 1.807) is 24.3 Å². The number of esters is 1. The van der Waals surface area contributed by atoms with Gasteiger partial charge in [0.2, 0.25) is 0 Å². The minimum Gasteiger partial charge on any atom is -0.494 e. The Kier molecular flexibility index (Phi) is 11.0. The van der Waals surface area contributed by atoms with Gasteiger partial charge in [0.25, 0.3) is 0 Å². The zero-order valence-electron chi connectivity index (χ0n) is 20.9. The third-order valence-corrected chi connectivity index (χ3v) is 5.79. The predicted molar refractivity (Wildman–Crippen MR) is 141 cm³/mol. The molecule has 0 amide bonds. The van der Waals surface area contributed by atoms with Crippen LogP contribution in [0.15, 0.2) is 89.1 Å². The molecule has 35 heavy (non-hydrogen) atoms. The molecule has 0 unspecified atom stereocenters. The van der Waals surface area contributed by atoms with E-state index in [2.05, 4.69) is 17.2 Å². The van der Waals surface area contributed by atoms with Crippen molar-refractivity contribution in [1.82, 2.24) is 0 Å². The van der Waals surface area contributed by atoms with Crippen LogP contribution in [0, 0.1) is 0 Å². The van der Waals surface area contributed by atoms with Crippen LogP contribution in [-0.2, 0) is 4.74 Å². The van der Waals surface area contributed by atoms with Crippen molar-refractivity contribution in [3.05, 3.63) is 90.0 Å². The van der Waals surface area contributed by atoms with Gasteiger partial charge in [-0.15, -0.1) is 0 Å². The van der Waals surface area contributed by atoms with Gasteiger partial charge < -0.3 is 9.47 Å². The standard InChI is InChI=1S/C30H36N2O3/c1-3-4-5-6-7-8-12-23-34-29-21-19-28(20-22-29)32-31-27-17-15-26(16-18-27)30(33)35-24(2)25-13-10-9-11-14-25/h9-11,13-22,24H,3-8,12,23H2,1-2H3/t24-/m1/s1. The van der Waals surface area contributed by atoms with E-state index >= 15 is 0 Å². The van der Waals surface area contributed by atoms with Crippen LogP contribution in [0.1, 0.15) is 80.8 Å². The van der Waals surface area contributed by atoms with Crippen LogP contribution in [0.4, 0.5) is 11.4 Å². The van der Waals surface area contributed by atoms with Crippen LogP contribution in [-0.4, -0.2) is 12.6 Å². The summed E-state index contributed by atoms with van der Waals surface area (Å²) < 4.78 is 11.4. The Morgan fingerprint density at radius 1 is 0.743 bits per heavy atom.